The molecule has 20 heavy (non-hydrogen) atoms. The molecule has 4 heteroatoms. The topological polar surface area (TPSA) is 53.6 Å². The van der Waals surface area contributed by atoms with Crippen LogP contribution in [-0.2, 0) is 0 Å². The maximum Gasteiger partial charge on any atom is 0.0991 e. The van der Waals surface area contributed by atoms with Gasteiger partial charge in [0, 0.05) is 36.7 Å². The predicted molar refractivity (Wildman–Crippen MR) is 80.7 cm³/mol. The Morgan fingerprint density at radius 3 is 2.95 bits per heavy atom. The number of rotatable bonds is 6. The molecule has 1 heterocycles. The molecule has 2 rings (SSSR count). The molecule has 104 valence electrons. The van der Waals surface area contributed by atoms with Gasteiger partial charge in [-0.2, -0.15) is 5.26 Å². The van der Waals surface area contributed by atoms with Gasteiger partial charge in [0.05, 0.1) is 12.4 Å². The minimum atomic E-state index is 0.112. The van der Waals surface area contributed by atoms with Crippen LogP contribution in [0.2, 0.25) is 0 Å². The molecule has 4 nitrogen and oxygen atoms in total. The molecule has 0 spiro atoms. The molecule has 0 saturated heterocycles. The van der Waals surface area contributed by atoms with E-state index in [0.29, 0.717) is 6.42 Å². The van der Waals surface area contributed by atoms with Crippen molar-refractivity contribution in [2.45, 2.75) is 26.7 Å². The van der Waals surface area contributed by atoms with Crippen molar-refractivity contribution in [1.82, 2.24) is 9.55 Å². The highest BCUT2D eigenvalue weighted by Crippen LogP contribution is 2.23. The zero-order valence-corrected chi connectivity index (χ0v) is 12.0. The average molecular weight is 268 g/mol. The van der Waals surface area contributed by atoms with Crippen LogP contribution < -0.4 is 5.32 Å². The molecule has 0 aliphatic heterocycles. The Morgan fingerprint density at radius 2 is 2.25 bits per heavy atom. The van der Waals surface area contributed by atoms with Gasteiger partial charge in [-0.15, -0.1) is 0 Å². The Kier molecular flexibility index (Phi) is 4.41. The SMILES string of the molecule is CC(C)(CCC#N)CNc1cccc(-n2ccnc2)c1. The van der Waals surface area contributed by atoms with E-state index < -0.39 is 0 Å². The molecule has 0 aliphatic rings. The van der Waals surface area contributed by atoms with Crippen molar-refractivity contribution in [2.24, 2.45) is 5.41 Å². The van der Waals surface area contributed by atoms with Gasteiger partial charge in [0.25, 0.3) is 0 Å². The third-order valence-electron chi connectivity index (χ3n) is 3.33. The number of nitrogens with zero attached hydrogens (tertiary/aromatic N) is 3. The third kappa shape index (κ3) is 3.86. The number of imidazole rings is 1. The van der Waals surface area contributed by atoms with Gasteiger partial charge < -0.3 is 9.88 Å². The molecule has 0 aliphatic carbocycles. The fourth-order valence-electron chi connectivity index (χ4n) is 2.01. The van der Waals surface area contributed by atoms with Crippen molar-refractivity contribution in [3.05, 3.63) is 43.0 Å². The first kappa shape index (κ1) is 14.1. The average Bonchev–Trinajstić information content (AvgIpc) is 2.98. The van der Waals surface area contributed by atoms with Crippen LogP contribution in [-0.4, -0.2) is 16.1 Å². The van der Waals surface area contributed by atoms with Gasteiger partial charge in [0.1, 0.15) is 0 Å². The van der Waals surface area contributed by atoms with E-state index in [1.807, 2.05) is 22.9 Å². The summed E-state index contributed by atoms with van der Waals surface area (Å²) < 4.78 is 1.98. The number of nitriles is 1. The van der Waals surface area contributed by atoms with Crippen LogP contribution in [0, 0.1) is 16.7 Å². The molecular weight excluding hydrogens is 248 g/mol. The van der Waals surface area contributed by atoms with E-state index in [1.54, 1.807) is 12.5 Å². The highest BCUT2D eigenvalue weighted by atomic mass is 15.0. The van der Waals surface area contributed by atoms with Crippen molar-refractivity contribution in [2.75, 3.05) is 11.9 Å². The molecule has 0 bridgehead atoms. The molecule has 1 aromatic heterocycles. The standard InChI is InChI=1S/C16H20N4/c1-16(2,7-4-8-17)12-19-14-5-3-6-15(11-14)20-10-9-18-13-20/h3,5-6,9-11,13,19H,4,7,12H2,1-2H3. The smallest absolute Gasteiger partial charge is 0.0991 e. The van der Waals surface area contributed by atoms with Crippen LogP contribution >= 0.6 is 0 Å². The second-order valence-corrected chi connectivity index (χ2v) is 5.70. The fourth-order valence-corrected chi connectivity index (χ4v) is 2.01. The lowest BCUT2D eigenvalue weighted by Crippen LogP contribution is -2.22. The summed E-state index contributed by atoms with van der Waals surface area (Å²) in [5.41, 5.74) is 2.28. The Hall–Kier alpha value is -2.28. The lowest BCUT2D eigenvalue weighted by molar-refractivity contribution is 0.364. The maximum atomic E-state index is 8.68. The highest BCUT2D eigenvalue weighted by molar-refractivity contribution is 5.51. The first-order valence-electron chi connectivity index (χ1n) is 6.80. The molecule has 0 atom stereocenters. The zero-order chi connectivity index (χ0) is 14.4. The number of anilines is 1. The molecule has 0 saturated carbocycles. The lowest BCUT2D eigenvalue weighted by atomic mass is 9.88. The second-order valence-electron chi connectivity index (χ2n) is 5.70. The van der Waals surface area contributed by atoms with Crippen LogP contribution in [0.1, 0.15) is 26.7 Å². The largest absolute Gasteiger partial charge is 0.384 e. The van der Waals surface area contributed by atoms with E-state index in [9.17, 15) is 0 Å². The predicted octanol–water partition coefficient (Wildman–Crippen LogP) is 3.61. The summed E-state index contributed by atoms with van der Waals surface area (Å²) in [5, 5.41) is 12.1. The van der Waals surface area contributed by atoms with E-state index in [1.165, 1.54) is 0 Å². The maximum absolute atomic E-state index is 8.68. The van der Waals surface area contributed by atoms with Gasteiger partial charge in [-0.25, -0.2) is 4.98 Å². The van der Waals surface area contributed by atoms with Crippen LogP contribution in [0.3, 0.4) is 0 Å². The monoisotopic (exact) mass is 268 g/mol. The summed E-state index contributed by atoms with van der Waals surface area (Å²) >= 11 is 0. The van der Waals surface area contributed by atoms with Gasteiger partial charge >= 0.3 is 0 Å². The van der Waals surface area contributed by atoms with E-state index in [4.69, 9.17) is 5.26 Å². The second kappa shape index (κ2) is 6.25. The molecule has 0 radical (unpaired) electrons. The summed E-state index contributed by atoms with van der Waals surface area (Å²) in [7, 11) is 0. The summed E-state index contributed by atoms with van der Waals surface area (Å²) in [6.45, 7) is 5.20. The Morgan fingerprint density at radius 1 is 1.40 bits per heavy atom. The molecule has 2 aromatic rings. The molecule has 1 aromatic carbocycles. The van der Waals surface area contributed by atoms with Gasteiger partial charge in [0.15, 0.2) is 0 Å². The summed E-state index contributed by atoms with van der Waals surface area (Å²) in [6, 6.07) is 10.4. The Balaban J connectivity index is 2.00. The summed E-state index contributed by atoms with van der Waals surface area (Å²) in [4.78, 5) is 4.06. The van der Waals surface area contributed by atoms with Crippen LogP contribution in [0.25, 0.3) is 5.69 Å². The van der Waals surface area contributed by atoms with Crippen molar-refractivity contribution < 1.29 is 0 Å². The number of nitrogens with one attached hydrogen (secondary N) is 1. The van der Waals surface area contributed by atoms with Crippen molar-refractivity contribution in [3.63, 3.8) is 0 Å². The van der Waals surface area contributed by atoms with Gasteiger partial charge in [-0.1, -0.05) is 19.9 Å². The van der Waals surface area contributed by atoms with Crippen molar-refractivity contribution >= 4 is 5.69 Å². The first-order chi connectivity index (χ1) is 9.61. The van der Waals surface area contributed by atoms with Gasteiger partial charge in [0.2, 0.25) is 0 Å². The number of aromatic nitrogens is 2. The van der Waals surface area contributed by atoms with Crippen LogP contribution in [0.4, 0.5) is 5.69 Å². The molecule has 0 unspecified atom stereocenters. The van der Waals surface area contributed by atoms with Gasteiger partial charge in [-0.05, 0) is 30.0 Å². The Labute approximate surface area is 120 Å². The van der Waals surface area contributed by atoms with Crippen LogP contribution in [0.5, 0.6) is 0 Å². The van der Waals surface area contributed by atoms with Crippen LogP contribution in [0.15, 0.2) is 43.0 Å². The highest BCUT2D eigenvalue weighted by Gasteiger charge is 2.16. The quantitative estimate of drug-likeness (QED) is 0.870. The fraction of sp³-hybridized carbons (Fsp3) is 0.375. The van der Waals surface area contributed by atoms with E-state index in [0.717, 1.165) is 24.3 Å². The molecule has 1 N–H and O–H groups in total. The Bertz CT molecular complexity index is 579. The van der Waals surface area contributed by atoms with E-state index in [-0.39, 0.29) is 5.41 Å². The minimum absolute atomic E-state index is 0.112. The molecular formula is C16H20N4. The molecule has 0 amide bonds. The van der Waals surface area contributed by atoms with Crippen molar-refractivity contribution in [1.29, 1.82) is 5.26 Å². The molecule has 0 fully saturated rings. The van der Waals surface area contributed by atoms with Gasteiger partial charge in [-0.3, -0.25) is 0 Å². The number of benzene rings is 1. The number of hydrogen-bond donors (Lipinski definition) is 1. The van der Waals surface area contributed by atoms with E-state index in [2.05, 4.69) is 42.4 Å². The third-order valence-corrected chi connectivity index (χ3v) is 3.33. The summed E-state index contributed by atoms with van der Waals surface area (Å²) in [6.07, 6.45) is 6.98. The zero-order valence-electron chi connectivity index (χ0n) is 12.0. The number of hydrogen-bond acceptors (Lipinski definition) is 3. The van der Waals surface area contributed by atoms with Crippen molar-refractivity contribution in [3.8, 4) is 11.8 Å². The van der Waals surface area contributed by atoms with E-state index >= 15 is 0 Å². The normalized spacial score (nSPS) is 11.1. The first-order valence-corrected chi connectivity index (χ1v) is 6.80. The minimum Gasteiger partial charge on any atom is -0.384 e. The lowest BCUT2D eigenvalue weighted by Gasteiger charge is -2.24. The summed E-state index contributed by atoms with van der Waals surface area (Å²) in [5.74, 6) is 0.